The number of hydrogen-bond donors (Lipinski definition) is 1. The number of carbonyl (C=O) groups is 2. The molecular formula is C12H13NO4. The lowest BCUT2D eigenvalue weighted by Gasteiger charge is -2.27. The minimum atomic E-state index is -0.231. The Morgan fingerprint density at radius 2 is 2.24 bits per heavy atom. The predicted octanol–water partition coefficient (Wildman–Crippen LogP) is 0.958. The second-order valence-electron chi connectivity index (χ2n) is 3.83. The first-order valence-electron chi connectivity index (χ1n) is 5.32. The highest BCUT2D eigenvalue weighted by Gasteiger charge is 2.24. The van der Waals surface area contributed by atoms with Crippen molar-refractivity contribution < 1.29 is 19.4 Å². The molecule has 2 rings (SSSR count). The summed E-state index contributed by atoms with van der Waals surface area (Å²) >= 11 is 0. The number of para-hydroxylation sites is 1. The molecule has 1 aliphatic rings. The van der Waals surface area contributed by atoms with Gasteiger partial charge in [-0.15, -0.1) is 0 Å². The van der Waals surface area contributed by atoms with Gasteiger partial charge in [0.15, 0.2) is 5.78 Å². The van der Waals surface area contributed by atoms with Crippen LogP contribution in [0.1, 0.15) is 17.3 Å². The van der Waals surface area contributed by atoms with E-state index in [1.807, 2.05) is 0 Å². The molecule has 0 saturated carbocycles. The van der Waals surface area contributed by atoms with Crippen molar-refractivity contribution in [1.82, 2.24) is 0 Å². The third-order valence-corrected chi connectivity index (χ3v) is 2.67. The van der Waals surface area contributed by atoms with Crippen LogP contribution in [0.5, 0.6) is 5.75 Å². The molecule has 1 aliphatic heterocycles. The summed E-state index contributed by atoms with van der Waals surface area (Å²) < 4.78 is 5.01. The third-order valence-electron chi connectivity index (χ3n) is 2.67. The molecule has 0 bridgehead atoms. The molecule has 0 atom stereocenters. The maximum absolute atomic E-state index is 11.6. The van der Waals surface area contributed by atoms with Crippen molar-refractivity contribution in [2.24, 2.45) is 0 Å². The van der Waals surface area contributed by atoms with E-state index in [0.717, 1.165) is 0 Å². The molecule has 0 aliphatic carbocycles. The fraction of sp³-hybridized carbons (Fsp3) is 0.333. The molecule has 1 aromatic rings. The number of rotatable bonds is 2. The molecule has 1 aromatic carbocycles. The smallest absolute Gasteiger partial charge is 0.253 e. The van der Waals surface area contributed by atoms with E-state index in [9.17, 15) is 14.7 Å². The summed E-state index contributed by atoms with van der Waals surface area (Å²) in [5, 5.41) is 9.97. The highest BCUT2D eigenvalue weighted by molar-refractivity contribution is 6.02. The third kappa shape index (κ3) is 2.14. The highest BCUT2D eigenvalue weighted by atomic mass is 16.5. The van der Waals surface area contributed by atoms with Gasteiger partial charge in [0.2, 0.25) is 0 Å². The van der Waals surface area contributed by atoms with Crippen LogP contribution in [0.2, 0.25) is 0 Å². The molecule has 0 unspecified atom stereocenters. The van der Waals surface area contributed by atoms with Gasteiger partial charge in [-0.25, -0.2) is 0 Å². The summed E-state index contributed by atoms with van der Waals surface area (Å²) in [5.41, 5.74) is 0.591. The van der Waals surface area contributed by atoms with Crippen LogP contribution in [-0.2, 0) is 9.53 Å². The molecule has 17 heavy (non-hydrogen) atoms. The Hall–Kier alpha value is -1.88. The zero-order valence-corrected chi connectivity index (χ0v) is 9.47. The normalized spacial score (nSPS) is 16.1. The average Bonchev–Trinajstić information content (AvgIpc) is 2.30. The molecule has 1 amide bonds. The van der Waals surface area contributed by atoms with Gasteiger partial charge in [-0.1, -0.05) is 6.07 Å². The van der Waals surface area contributed by atoms with Gasteiger partial charge in [0.1, 0.15) is 12.4 Å². The van der Waals surface area contributed by atoms with Crippen LogP contribution < -0.4 is 4.90 Å². The van der Waals surface area contributed by atoms with Crippen molar-refractivity contribution in [3.8, 4) is 5.75 Å². The van der Waals surface area contributed by atoms with Crippen molar-refractivity contribution >= 4 is 17.4 Å². The number of phenols is 1. The van der Waals surface area contributed by atoms with Gasteiger partial charge in [0, 0.05) is 6.54 Å². The van der Waals surface area contributed by atoms with Crippen LogP contribution in [0.4, 0.5) is 5.69 Å². The number of Topliss-reactive ketones (excluding diaryl/α,β-unsaturated/α-hetero) is 1. The van der Waals surface area contributed by atoms with E-state index < -0.39 is 0 Å². The van der Waals surface area contributed by atoms with E-state index in [0.29, 0.717) is 18.8 Å². The van der Waals surface area contributed by atoms with Crippen molar-refractivity contribution in [3.05, 3.63) is 23.8 Å². The summed E-state index contributed by atoms with van der Waals surface area (Å²) in [6.07, 6.45) is 0. The Kier molecular flexibility index (Phi) is 3.10. The maximum atomic E-state index is 11.6. The molecular weight excluding hydrogens is 222 g/mol. The number of hydrogen-bond acceptors (Lipinski definition) is 4. The fourth-order valence-corrected chi connectivity index (χ4v) is 1.81. The second kappa shape index (κ2) is 4.55. The summed E-state index contributed by atoms with van der Waals surface area (Å²) in [5.74, 6) is -0.590. The number of benzene rings is 1. The lowest BCUT2D eigenvalue weighted by molar-refractivity contribution is -0.125. The number of morpholine rings is 1. The SMILES string of the molecule is CC(=O)c1cccc(N2CCOCC2=O)c1O. The van der Waals surface area contributed by atoms with Crippen molar-refractivity contribution in [2.75, 3.05) is 24.7 Å². The van der Waals surface area contributed by atoms with Gasteiger partial charge in [-0.3, -0.25) is 9.59 Å². The Morgan fingerprint density at radius 1 is 1.47 bits per heavy atom. The molecule has 1 saturated heterocycles. The first kappa shape index (κ1) is 11.6. The fourth-order valence-electron chi connectivity index (χ4n) is 1.81. The van der Waals surface area contributed by atoms with Gasteiger partial charge in [-0.05, 0) is 19.1 Å². The predicted molar refractivity (Wildman–Crippen MR) is 61.3 cm³/mol. The number of nitrogens with zero attached hydrogens (tertiary/aromatic N) is 1. The maximum Gasteiger partial charge on any atom is 0.253 e. The minimum Gasteiger partial charge on any atom is -0.505 e. The first-order valence-corrected chi connectivity index (χ1v) is 5.32. The monoisotopic (exact) mass is 235 g/mol. The van der Waals surface area contributed by atoms with E-state index in [-0.39, 0.29) is 29.6 Å². The largest absolute Gasteiger partial charge is 0.505 e. The molecule has 0 radical (unpaired) electrons. The molecule has 1 heterocycles. The van der Waals surface area contributed by atoms with Crippen LogP contribution in [0.25, 0.3) is 0 Å². The number of ketones is 1. The van der Waals surface area contributed by atoms with Gasteiger partial charge < -0.3 is 14.7 Å². The van der Waals surface area contributed by atoms with Crippen LogP contribution in [0.3, 0.4) is 0 Å². The molecule has 1 N–H and O–H groups in total. The lowest BCUT2D eigenvalue weighted by atomic mass is 10.1. The van der Waals surface area contributed by atoms with E-state index in [4.69, 9.17) is 4.74 Å². The quantitative estimate of drug-likeness (QED) is 0.775. The molecule has 5 nitrogen and oxygen atoms in total. The minimum absolute atomic E-state index is 0.00371. The summed E-state index contributed by atoms with van der Waals surface area (Å²) in [7, 11) is 0. The Bertz CT molecular complexity index is 470. The van der Waals surface area contributed by atoms with E-state index in [1.165, 1.54) is 17.9 Å². The number of anilines is 1. The topological polar surface area (TPSA) is 66.8 Å². The highest BCUT2D eigenvalue weighted by Crippen LogP contribution is 2.31. The second-order valence-corrected chi connectivity index (χ2v) is 3.83. The number of carbonyl (C=O) groups excluding carboxylic acids is 2. The average molecular weight is 235 g/mol. The molecule has 90 valence electrons. The summed E-state index contributed by atoms with van der Waals surface area (Å²) in [4.78, 5) is 24.4. The van der Waals surface area contributed by atoms with Crippen LogP contribution in [0, 0.1) is 0 Å². The van der Waals surface area contributed by atoms with Gasteiger partial charge in [0.25, 0.3) is 5.91 Å². The number of ether oxygens (including phenoxy) is 1. The Balaban J connectivity index is 2.41. The van der Waals surface area contributed by atoms with E-state index in [1.54, 1.807) is 12.1 Å². The van der Waals surface area contributed by atoms with Crippen molar-refractivity contribution in [3.63, 3.8) is 0 Å². The molecule has 1 fully saturated rings. The molecule has 0 aromatic heterocycles. The van der Waals surface area contributed by atoms with Gasteiger partial charge in [0.05, 0.1) is 17.9 Å². The molecule has 0 spiro atoms. The summed E-state index contributed by atoms with van der Waals surface area (Å²) in [6.45, 7) is 2.19. The van der Waals surface area contributed by atoms with Crippen LogP contribution >= 0.6 is 0 Å². The number of amides is 1. The van der Waals surface area contributed by atoms with Gasteiger partial charge >= 0.3 is 0 Å². The van der Waals surface area contributed by atoms with Crippen molar-refractivity contribution in [2.45, 2.75) is 6.92 Å². The Morgan fingerprint density at radius 3 is 2.88 bits per heavy atom. The van der Waals surface area contributed by atoms with Crippen LogP contribution in [-0.4, -0.2) is 36.6 Å². The lowest BCUT2D eigenvalue weighted by Crippen LogP contribution is -2.41. The van der Waals surface area contributed by atoms with E-state index >= 15 is 0 Å². The standard InChI is InChI=1S/C12H13NO4/c1-8(14)9-3-2-4-10(12(9)16)13-5-6-17-7-11(13)15/h2-4,16H,5-7H2,1H3. The first-order chi connectivity index (χ1) is 8.11. The zero-order chi connectivity index (χ0) is 12.4. The zero-order valence-electron chi connectivity index (χ0n) is 9.47. The van der Waals surface area contributed by atoms with E-state index in [2.05, 4.69) is 0 Å². The van der Waals surface area contributed by atoms with Gasteiger partial charge in [-0.2, -0.15) is 0 Å². The summed E-state index contributed by atoms with van der Waals surface area (Å²) in [6, 6.07) is 4.80. The Labute approximate surface area is 98.6 Å². The number of phenolic OH excluding ortho intramolecular Hbond substituents is 1. The molecule has 5 heteroatoms. The number of aromatic hydroxyl groups is 1. The van der Waals surface area contributed by atoms with Crippen LogP contribution in [0.15, 0.2) is 18.2 Å². The van der Waals surface area contributed by atoms with Crippen molar-refractivity contribution in [1.29, 1.82) is 0 Å².